The number of anilines is 2. The molecule has 0 radical (unpaired) electrons. The summed E-state index contributed by atoms with van der Waals surface area (Å²) in [5.41, 5.74) is 0.365. The Morgan fingerprint density at radius 3 is 2.24 bits per heavy atom. The summed E-state index contributed by atoms with van der Waals surface area (Å²) in [5, 5.41) is 10.4. The number of ether oxygens (including phenoxy) is 7. The number of halogens is 1. The summed E-state index contributed by atoms with van der Waals surface area (Å²) in [7, 11) is -4.28. The van der Waals surface area contributed by atoms with E-state index in [1.807, 2.05) is 0 Å². The molecule has 4 N–H and O–H groups in total. The molecule has 3 rings (SSSR count). The molecule has 0 aliphatic carbocycles. The smallest absolute Gasteiger partial charge is 0.226 e. The third kappa shape index (κ3) is 14.1. The molecule has 1 saturated heterocycles. The van der Waals surface area contributed by atoms with Gasteiger partial charge in [-0.1, -0.05) is 5.92 Å². The zero-order valence-corrected chi connectivity index (χ0v) is 30.3. The second kappa shape index (κ2) is 23.0. The van der Waals surface area contributed by atoms with E-state index in [1.54, 1.807) is 17.0 Å². The first-order chi connectivity index (χ1) is 24.2. The van der Waals surface area contributed by atoms with E-state index < -0.39 is 23.5 Å². The van der Waals surface area contributed by atoms with Gasteiger partial charge in [-0.3, -0.25) is 0 Å². The second-order valence-corrected chi connectivity index (χ2v) is 14.2. The number of hydrogen-bond acceptors (Lipinski definition) is 16. The second-order valence-electron chi connectivity index (χ2n) is 10.7. The molecule has 1 aliphatic heterocycles. The van der Waals surface area contributed by atoms with Gasteiger partial charge in [0.15, 0.2) is 18.2 Å². The quantitative estimate of drug-likeness (QED) is 0.0338. The molecule has 2 aromatic rings. The minimum atomic E-state index is -3.65. The van der Waals surface area contributed by atoms with Gasteiger partial charge < -0.3 is 58.6 Å². The van der Waals surface area contributed by atoms with E-state index in [2.05, 4.69) is 21.2 Å². The molecule has 0 amide bonds. The normalized spacial score (nSPS) is 14.0. The highest BCUT2D eigenvalue weighted by atomic mass is 35.5. The Labute approximate surface area is 299 Å². The molecule has 0 saturated carbocycles. The third-order valence-electron chi connectivity index (χ3n) is 7.18. The topological polar surface area (TPSA) is 204 Å². The molecule has 1 fully saturated rings. The summed E-state index contributed by atoms with van der Waals surface area (Å²) >= 11 is 6.20. The predicted molar refractivity (Wildman–Crippen MR) is 188 cm³/mol. The van der Waals surface area contributed by atoms with Crippen LogP contribution in [-0.4, -0.2) is 145 Å². The Morgan fingerprint density at radius 2 is 1.66 bits per heavy atom. The van der Waals surface area contributed by atoms with Crippen LogP contribution in [0, 0.1) is 17.8 Å². The number of nitrogens with zero attached hydrogens (tertiary/aromatic N) is 3. The highest BCUT2D eigenvalue weighted by Gasteiger charge is 2.40. The molecule has 2 heterocycles. The lowest BCUT2D eigenvalue weighted by atomic mass is 10.1. The van der Waals surface area contributed by atoms with E-state index in [9.17, 15) is 8.42 Å². The molecule has 50 heavy (non-hydrogen) atoms. The number of benzene rings is 1. The summed E-state index contributed by atoms with van der Waals surface area (Å²) in [6, 6.07) is 6.25. The summed E-state index contributed by atoms with van der Waals surface area (Å²) in [4.78, 5) is 28.4. The van der Waals surface area contributed by atoms with E-state index in [-0.39, 0.29) is 55.5 Å². The van der Waals surface area contributed by atoms with Crippen molar-refractivity contribution in [2.24, 2.45) is 0 Å². The lowest BCUT2D eigenvalue weighted by Crippen LogP contribution is -2.55. The molecule has 16 nitrogen and oxygen atoms in total. The minimum absolute atomic E-state index is 0.0554. The van der Waals surface area contributed by atoms with Crippen molar-refractivity contribution in [3.05, 3.63) is 35.1 Å². The van der Waals surface area contributed by atoms with Crippen LogP contribution < -0.4 is 15.0 Å². The van der Waals surface area contributed by atoms with Gasteiger partial charge in [0, 0.05) is 33.0 Å². The molecule has 1 atom stereocenters. The summed E-state index contributed by atoms with van der Waals surface area (Å²) in [5.74, 6) is 3.57. The highest BCUT2D eigenvalue weighted by molar-refractivity contribution is 7.92. The summed E-state index contributed by atoms with van der Waals surface area (Å²) in [6.07, 6.45) is 6.18. The molecular formula is C31H45ClN5O11PS. The van der Waals surface area contributed by atoms with E-state index in [0.717, 1.165) is 6.21 Å². The number of terminal acetylenes is 1. The van der Waals surface area contributed by atoms with Gasteiger partial charge >= 0.3 is 0 Å². The number of aromatic nitrogens is 2. The van der Waals surface area contributed by atoms with Gasteiger partial charge in [-0.25, -0.2) is 8.42 Å². The maximum absolute atomic E-state index is 13.4. The van der Waals surface area contributed by atoms with Gasteiger partial charge in [-0.05, 0) is 42.3 Å². The van der Waals surface area contributed by atoms with Crippen LogP contribution >= 0.6 is 20.0 Å². The zero-order chi connectivity index (χ0) is 36.2. The first kappa shape index (κ1) is 41.7. The number of rotatable bonds is 27. The predicted octanol–water partition coefficient (Wildman–Crippen LogP) is 1.96. The fourth-order valence-corrected chi connectivity index (χ4v) is 6.65. The zero-order valence-electron chi connectivity index (χ0n) is 27.9. The first-order valence-corrected chi connectivity index (χ1v) is 19.1. The molecule has 278 valence electrons. The Bertz CT molecular complexity index is 1450. The van der Waals surface area contributed by atoms with Crippen molar-refractivity contribution in [2.75, 3.05) is 109 Å². The first-order valence-electron chi connectivity index (χ1n) is 15.7. The average Bonchev–Trinajstić information content (AvgIpc) is 3.07. The largest absolute Gasteiger partial charge is 0.491 e. The van der Waals surface area contributed by atoms with Crippen LogP contribution in [0.4, 0.5) is 11.6 Å². The molecule has 1 aromatic carbocycles. The number of hydrogen-bond donors (Lipinski definition) is 4. The maximum atomic E-state index is 13.4. The molecule has 0 bridgehead atoms. The number of sulfone groups is 1. The van der Waals surface area contributed by atoms with Crippen LogP contribution in [0.15, 0.2) is 29.2 Å². The van der Waals surface area contributed by atoms with E-state index in [0.29, 0.717) is 82.2 Å². The van der Waals surface area contributed by atoms with Crippen LogP contribution in [0.2, 0.25) is 5.28 Å². The van der Waals surface area contributed by atoms with Crippen molar-refractivity contribution in [2.45, 2.75) is 22.7 Å². The fourth-order valence-electron chi connectivity index (χ4n) is 4.56. The minimum Gasteiger partial charge on any atom is -0.491 e. The monoisotopic (exact) mass is 761 g/mol. The molecule has 1 unspecified atom stereocenters. The molecule has 1 aliphatic rings. The van der Waals surface area contributed by atoms with E-state index >= 15 is 0 Å². The van der Waals surface area contributed by atoms with Gasteiger partial charge in [-0.15, -0.1) is 6.42 Å². The molecular weight excluding hydrogens is 717 g/mol. The maximum Gasteiger partial charge on any atom is 0.226 e. The van der Waals surface area contributed by atoms with E-state index in [4.69, 9.17) is 66.4 Å². The summed E-state index contributed by atoms with van der Waals surface area (Å²) in [6.45, 7) is 4.36. The SMILES string of the molecule is C#CCOCCOCCOCCOCCOc1ccc(S(=O)(=O)C2CN(c3nc(Cl)nc(NCCC(COCP(O)O)OC)c3C=N)C2)cc1. The van der Waals surface area contributed by atoms with Crippen molar-refractivity contribution in [1.29, 1.82) is 5.41 Å². The van der Waals surface area contributed by atoms with Gasteiger partial charge in [0.1, 0.15) is 42.2 Å². The van der Waals surface area contributed by atoms with Crippen LogP contribution in [0.1, 0.15) is 12.0 Å². The van der Waals surface area contributed by atoms with Crippen LogP contribution in [0.5, 0.6) is 5.75 Å². The van der Waals surface area contributed by atoms with Crippen molar-refractivity contribution >= 4 is 47.7 Å². The third-order valence-corrected chi connectivity index (χ3v) is 9.87. The van der Waals surface area contributed by atoms with Crippen molar-refractivity contribution < 1.29 is 51.4 Å². The van der Waals surface area contributed by atoms with Crippen LogP contribution in [-0.2, 0) is 38.3 Å². The molecule has 0 spiro atoms. The molecule has 19 heteroatoms. The van der Waals surface area contributed by atoms with Crippen molar-refractivity contribution in [1.82, 2.24) is 9.97 Å². The standard InChI is InChI=1S/C31H45ClN5O11PS/c1-3-10-43-11-12-44-13-14-45-15-16-46-17-18-48-24-4-6-26(7-5-24)50(40,41)27-20-37(21-27)30-28(19-33)29(35-31(32)36-30)34-9-8-25(42-2)22-47-23-49(38)39/h1,4-7,19,25,27,33,38-39H,8-18,20-23H2,2H3,(H,34,35,36). The van der Waals surface area contributed by atoms with Gasteiger partial charge in [0.25, 0.3) is 0 Å². The van der Waals surface area contributed by atoms with E-state index in [1.165, 1.54) is 19.2 Å². The number of methoxy groups -OCH3 is 1. The van der Waals surface area contributed by atoms with Gasteiger partial charge in [-0.2, -0.15) is 9.97 Å². The van der Waals surface area contributed by atoms with Crippen LogP contribution in [0.3, 0.4) is 0 Å². The summed E-state index contributed by atoms with van der Waals surface area (Å²) < 4.78 is 64.3. The Kier molecular flexibility index (Phi) is 19.2. The lowest BCUT2D eigenvalue weighted by Gasteiger charge is -2.40. The van der Waals surface area contributed by atoms with Gasteiger partial charge in [0.2, 0.25) is 5.28 Å². The molecule has 1 aromatic heterocycles. The highest BCUT2D eigenvalue weighted by Crippen LogP contribution is 2.32. The van der Waals surface area contributed by atoms with Crippen molar-refractivity contribution in [3.63, 3.8) is 0 Å². The Balaban J connectivity index is 1.39. The Morgan fingerprint density at radius 1 is 1.04 bits per heavy atom. The lowest BCUT2D eigenvalue weighted by molar-refractivity contribution is -0.00187. The average molecular weight is 762 g/mol. The fraction of sp³-hybridized carbons (Fsp3) is 0.581. The van der Waals surface area contributed by atoms with Gasteiger partial charge in [0.05, 0.1) is 69.4 Å². The van der Waals surface area contributed by atoms with Crippen LogP contribution in [0.25, 0.3) is 0 Å². The van der Waals surface area contributed by atoms with Crippen molar-refractivity contribution in [3.8, 4) is 18.1 Å². The Hall–Kier alpha value is -2.72. The number of nitrogens with one attached hydrogen (secondary N) is 2.